The van der Waals surface area contributed by atoms with E-state index in [9.17, 15) is 5.11 Å². The largest absolute Gasteiger partial charge is 0.507 e. The van der Waals surface area contributed by atoms with Crippen molar-refractivity contribution in [3.8, 4) is 17.1 Å². The third kappa shape index (κ3) is 3.79. The lowest BCUT2D eigenvalue weighted by Crippen LogP contribution is -2.07. The summed E-state index contributed by atoms with van der Waals surface area (Å²) in [5, 5.41) is 27.0. The number of anilines is 1. The fourth-order valence-corrected chi connectivity index (χ4v) is 2.19. The predicted molar refractivity (Wildman–Crippen MR) is 84.9 cm³/mol. The molecule has 8 heteroatoms. The molecule has 0 saturated heterocycles. The molecule has 118 valence electrons. The van der Waals surface area contributed by atoms with E-state index in [2.05, 4.69) is 35.9 Å². The molecule has 3 rings (SSSR count). The number of phenolic OH excluding ortho intramolecular Hbond substituents is 1. The normalized spacial score (nSPS) is 10.7. The second-order valence-electron chi connectivity index (χ2n) is 5.09. The minimum Gasteiger partial charge on any atom is -0.507 e. The van der Waals surface area contributed by atoms with Gasteiger partial charge in [0.1, 0.15) is 11.6 Å². The molecule has 0 spiro atoms. The maximum absolute atomic E-state index is 9.94. The van der Waals surface area contributed by atoms with Crippen molar-refractivity contribution in [2.24, 2.45) is 0 Å². The van der Waals surface area contributed by atoms with Crippen molar-refractivity contribution in [2.45, 2.75) is 19.8 Å². The number of benzene rings is 1. The first kappa shape index (κ1) is 14.9. The number of para-hydroxylation sites is 1. The standard InChI is InChI=1S/C15H17N7O/c1-10-9-14(16-8-4-7-13-19-21-22-20-13)18-15(17-10)11-5-2-3-6-12(11)23/h2-3,5-6,9,23H,4,7-8H2,1H3,(H,16,17,18)(H,19,20,21,22). The van der Waals surface area contributed by atoms with Gasteiger partial charge in [-0.1, -0.05) is 17.3 Å². The first-order valence-electron chi connectivity index (χ1n) is 7.32. The summed E-state index contributed by atoms with van der Waals surface area (Å²) in [5.41, 5.74) is 1.45. The Kier molecular flexibility index (Phi) is 4.41. The summed E-state index contributed by atoms with van der Waals surface area (Å²) in [6.45, 7) is 2.63. The van der Waals surface area contributed by atoms with E-state index in [1.54, 1.807) is 18.2 Å². The lowest BCUT2D eigenvalue weighted by atomic mass is 10.2. The van der Waals surface area contributed by atoms with Gasteiger partial charge in [0.2, 0.25) is 0 Å². The van der Waals surface area contributed by atoms with E-state index >= 15 is 0 Å². The quantitative estimate of drug-likeness (QED) is 0.594. The first-order chi connectivity index (χ1) is 11.2. The van der Waals surface area contributed by atoms with Crippen LogP contribution in [0.5, 0.6) is 5.75 Å². The highest BCUT2D eigenvalue weighted by molar-refractivity contribution is 5.64. The number of tetrazole rings is 1. The first-order valence-corrected chi connectivity index (χ1v) is 7.32. The van der Waals surface area contributed by atoms with Gasteiger partial charge < -0.3 is 10.4 Å². The van der Waals surface area contributed by atoms with Crippen LogP contribution in [0.3, 0.4) is 0 Å². The Hall–Kier alpha value is -3.03. The highest BCUT2D eigenvalue weighted by atomic mass is 16.3. The molecule has 0 atom stereocenters. The van der Waals surface area contributed by atoms with Gasteiger partial charge in [-0.3, -0.25) is 0 Å². The molecule has 8 nitrogen and oxygen atoms in total. The van der Waals surface area contributed by atoms with Crippen LogP contribution in [0.4, 0.5) is 5.82 Å². The summed E-state index contributed by atoms with van der Waals surface area (Å²) in [4.78, 5) is 8.86. The zero-order valence-corrected chi connectivity index (χ0v) is 12.7. The Balaban J connectivity index is 1.67. The van der Waals surface area contributed by atoms with E-state index in [0.29, 0.717) is 17.2 Å². The van der Waals surface area contributed by atoms with Crippen LogP contribution >= 0.6 is 0 Å². The molecule has 2 aromatic heterocycles. The average molecular weight is 311 g/mol. The minimum absolute atomic E-state index is 0.168. The maximum atomic E-state index is 9.94. The van der Waals surface area contributed by atoms with Crippen LogP contribution in [0.2, 0.25) is 0 Å². The molecule has 3 aromatic rings. The molecule has 0 radical (unpaired) electrons. The Bertz CT molecular complexity index is 773. The number of aromatic hydroxyl groups is 1. The molecule has 2 heterocycles. The monoisotopic (exact) mass is 311 g/mol. The minimum atomic E-state index is 0.168. The Morgan fingerprint density at radius 2 is 2.09 bits per heavy atom. The van der Waals surface area contributed by atoms with Crippen LogP contribution in [-0.2, 0) is 6.42 Å². The number of hydrogen-bond acceptors (Lipinski definition) is 7. The van der Waals surface area contributed by atoms with Gasteiger partial charge in [-0.25, -0.2) is 9.97 Å². The topological polar surface area (TPSA) is 113 Å². The fourth-order valence-electron chi connectivity index (χ4n) is 2.19. The van der Waals surface area contributed by atoms with Gasteiger partial charge in [-0.15, -0.1) is 10.2 Å². The number of nitrogens with one attached hydrogen (secondary N) is 2. The van der Waals surface area contributed by atoms with E-state index in [0.717, 1.165) is 30.9 Å². The molecule has 23 heavy (non-hydrogen) atoms. The van der Waals surface area contributed by atoms with Crippen LogP contribution in [0.25, 0.3) is 11.4 Å². The van der Waals surface area contributed by atoms with Crippen LogP contribution < -0.4 is 5.32 Å². The van der Waals surface area contributed by atoms with Crippen LogP contribution in [0, 0.1) is 6.92 Å². The van der Waals surface area contributed by atoms with Crippen molar-refractivity contribution in [2.75, 3.05) is 11.9 Å². The molecule has 0 unspecified atom stereocenters. The zero-order chi connectivity index (χ0) is 16.1. The molecule has 0 bridgehead atoms. The second kappa shape index (κ2) is 6.82. The van der Waals surface area contributed by atoms with Crippen molar-refractivity contribution < 1.29 is 5.11 Å². The third-order valence-corrected chi connectivity index (χ3v) is 3.27. The summed E-state index contributed by atoms with van der Waals surface area (Å²) in [6, 6.07) is 8.91. The number of aromatic amines is 1. The van der Waals surface area contributed by atoms with Crippen molar-refractivity contribution in [3.63, 3.8) is 0 Å². The van der Waals surface area contributed by atoms with Gasteiger partial charge in [0.25, 0.3) is 0 Å². The Morgan fingerprint density at radius 1 is 1.22 bits per heavy atom. The highest BCUT2D eigenvalue weighted by Gasteiger charge is 2.09. The smallest absolute Gasteiger partial charge is 0.174 e. The molecule has 3 N–H and O–H groups in total. The van der Waals surface area contributed by atoms with Gasteiger partial charge in [0, 0.05) is 24.7 Å². The second-order valence-corrected chi connectivity index (χ2v) is 5.09. The van der Waals surface area contributed by atoms with Crippen LogP contribution in [-0.4, -0.2) is 42.2 Å². The van der Waals surface area contributed by atoms with E-state index in [1.807, 2.05) is 19.1 Å². The molecule has 0 amide bonds. The molecule has 0 fully saturated rings. The number of phenols is 1. The van der Waals surface area contributed by atoms with E-state index < -0.39 is 0 Å². The van der Waals surface area contributed by atoms with Crippen molar-refractivity contribution in [1.29, 1.82) is 0 Å². The van der Waals surface area contributed by atoms with Crippen molar-refractivity contribution in [3.05, 3.63) is 41.9 Å². The average Bonchev–Trinajstić information content (AvgIpc) is 3.05. The van der Waals surface area contributed by atoms with Gasteiger partial charge >= 0.3 is 0 Å². The molecule has 0 aliphatic carbocycles. The molecule has 0 aliphatic heterocycles. The fraction of sp³-hybridized carbons (Fsp3) is 0.267. The van der Waals surface area contributed by atoms with E-state index in [1.165, 1.54) is 0 Å². The highest BCUT2D eigenvalue weighted by Crippen LogP contribution is 2.26. The molecular formula is C15H17N7O. The summed E-state index contributed by atoms with van der Waals surface area (Å²) in [5.74, 6) is 2.09. The summed E-state index contributed by atoms with van der Waals surface area (Å²) >= 11 is 0. The van der Waals surface area contributed by atoms with Gasteiger partial charge in [-0.05, 0) is 25.5 Å². The SMILES string of the molecule is Cc1cc(NCCCc2nn[nH]n2)nc(-c2ccccc2O)n1. The Labute approximate surface area is 133 Å². The van der Waals surface area contributed by atoms with Gasteiger partial charge in [0.15, 0.2) is 11.6 Å². The molecule has 0 saturated carbocycles. The number of aryl methyl sites for hydroxylation is 2. The third-order valence-electron chi connectivity index (χ3n) is 3.27. The summed E-state index contributed by atoms with van der Waals surface area (Å²) in [7, 11) is 0. The van der Waals surface area contributed by atoms with E-state index in [-0.39, 0.29) is 5.75 Å². The summed E-state index contributed by atoms with van der Waals surface area (Å²) < 4.78 is 0. The molecule has 1 aromatic carbocycles. The predicted octanol–water partition coefficient (Wildman–Crippen LogP) is 1.72. The number of nitrogens with zero attached hydrogens (tertiary/aromatic N) is 5. The van der Waals surface area contributed by atoms with E-state index in [4.69, 9.17) is 0 Å². The molecule has 0 aliphatic rings. The van der Waals surface area contributed by atoms with Crippen molar-refractivity contribution >= 4 is 5.82 Å². The lowest BCUT2D eigenvalue weighted by molar-refractivity contribution is 0.477. The van der Waals surface area contributed by atoms with Crippen molar-refractivity contribution in [1.82, 2.24) is 30.6 Å². The lowest BCUT2D eigenvalue weighted by Gasteiger charge is -2.09. The summed E-state index contributed by atoms with van der Waals surface area (Å²) in [6.07, 6.45) is 1.59. The zero-order valence-electron chi connectivity index (χ0n) is 12.7. The van der Waals surface area contributed by atoms with Gasteiger partial charge in [-0.2, -0.15) is 5.21 Å². The number of aromatic nitrogens is 6. The number of rotatable bonds is 6. The Morgan fingerprint density at radius 3 is 2.87 bits per heavy atom. The molecular weight excluding hydrogens is 294 g/mol. The number of hydrogen-bond donors (Lipinski definition) is 3. The van der Waals surface area contributed by atoms with Crippen LogP contribution in [0.15, 0.2) is 30.3 Å². The van der Waals surface area contributed by atoms with Gasteiger partial charge in [0.05, 0.1) is 5.56 Å². The number of H-pyrrole nitrogens is 1. The maximum Gasteiger partial charge on any atom is 0.174 e. The van der Waals surface area contributed by atoms with Crippen LogP contribution in [0.1, 0.15) is 17.9 Å².